The number of methoxy groups -OCH3 is 1. The van der Waals surface area contributed by atoms with Crippen molar-refractivity contribution in [3.8, 4) is 16.9 Å². The van der Waals surface area contributed by atoms with Gasteiger partial charge >= 0.3 is 5.97 Å². The van der Waals surface area contributed by atoms with Crippen LogP contribution in [0.2, 0.25) is 0 Å². The van der Waals surface area contributed by atoms with Crippen molar-refractivity contribution in [1.82, 2.24) is 0 Å². The molecule has 0 radical (unpaired) electrons. The average Bonchev–Trinajstić information content (AvgIpc) is 2.86. The molecule has 0 atom stereocenters. The van der Waals surface area contributed by atoms with Crippen molar-refractivity contribution in [2.45, 2.75) is 25.0 Å². The molecule has 0 spiro atoms. The number of halogens is 1. The molecular formula is C27H27FO6. The zero-order valence-electron chi connectivity index (χ0n) is 18.9. The number of ether oxygens (including phenoxy) is 3. The number of hydrogen-bond donors (Lipinski definition) is 2. The van der Waals surface area contributed by atoms with Gasteiger partial charge in [-0.2, -0.15) is 0 Å². The van der Waals surface area contributed by atoms with Gasteiger partial charge in [0.1, 0.15) is 18.2 Å². The topological polar surface area (TPSA) is 85.2 Å². The summed E-state index contributed by atoms with van der Waals surface area (Å²) >= 11 is 0. The highest BCUT2D eigenvalue weighted by molar-refractivity contribution is 6.05. The highest BCUT2D eigenvalue weighted by Crippen LogP contribution is 2.37. The van der Waals surface area contributed by atoms with Crippen LogP contribution in [-0.2, 0) is 16.1 Å². The molecule has 1 fully saturated rings. The Morgan fingerprint density at radius 3 is 2.62 bits per heavy atom. The lowest BCUT2D eigenvalue weighted by Crippen LogP contribution is -2.36. The Morgan fingerprint density at radius 1 is 1.18 bits per heavy atom. The Labute approximate surface area is 197 Å². The predicted molar refractivity (Wildman–Crippen MR) is 127 cm³/mol. The fourth-order valence-corrected chi connectivity index (χ4v) is 4.41. The SMILES string of the molecule is COC1(/C=C/COc2ccc3c(-c4ccccc4F)c(CO)c(C(=O)O)cc3c2)CCOCC1. The number of aromatic carboxylic acids is 1. The first-order valence-corrected chi connectivity index (χ1v) is 11.1. The number of fused-ring (bicyclic) bond motifs is 1. The van der Waals surface area contributed by atoms with E-state index >= 15 is 0 Å². The predicted octanol–water partition coefficient (Wildman–Crippen LogP) is 4.97. The molecule has 0 aromatic heterocycles. The zero-order valence-corrected chi connectivity index (χ0v) is 18.9. The summed E-state index contributed by atoms with van der Waals surface area (Å²) < 4.78 is 31.6. The summed E-state index contributed by atoms with van der Waals surface area (Å²) in [6.07, 6.45) is 5.46. The highest BCUT2D eigenvalue weighted by Gasteiger charge is 2.29. The van der Waals surface area contributed by atoms with Crippen LogP contribution >= 0.6 is 0 Å². The maximum absolute atomic E-state index is 14.7. The maximum atomic E-state index is 14.7. The Balaban J connectivity index is 1.68. The molecule has 1 aliphatic rings. The van der Waals surface area contributed by atoms with Gasteiger partial charge in [-0.15, -0.1) is 0 Å². The summed E-state index contributed by atoms with van der Waals surface area (Å²) in [5, 5.41) is 20.9. The van der Waals surface area contributed by atoms with Crippen LogP contribution in [0, 0.1) is 5.82 Å². The molecule has 3 aromatic rings. The van der Waals surface area contributed by atoms with E-state index in [0.29, 0.717) is 41.9 Å². The van der Waals surface area contributed by atoms with Crippen LogP contribution in [0.5, 0.6) is 5.75 Å². The number of benzene rings is 3. The van der Waals surface area contributed by atoms with E-state index < -0.39 is 18.4 Å². The smallest absolute Gasteiger partial charge is 0.336 e. The number of aliphatic hydroxyl groups is 1. The Kier molecular flexibility index (Phi) is 7.26. The summed E-state index contributed by atoms with van der Waals surface area (Å²) in [6, 6.07) is 12.8. The lowest BCUT2D eigenvalue weighted by molar-refractivity contribution is -0.0588. The number of aliphatic hydroxyl groups excluding tert-OH is 1. The number of hydrogen-bond acceptors (Lipinski definition) is 5. The first-order valence-electron chi connectivity index (χ1n) is 11.1. The van der Waals surface area contributed by atoms with Crippen molar-refractivity contribution in [2.24, 2.45) is 0 Å². The number of rotatable bonds is 8. The van der Waals surface area contributed by atoms with Gasteiger partial charge in [0.05, 0.1) is 17.8 Å². The van der Waals surface area contributed by atoms with Crippen LogP contribution in [0.1, 0.15) is 28.8 Å². The number of carbonyl (C=O) groups is 1. The lowest BCUT2D eigenvalue weighted by atomic mass is 9.89. The molecule has 4 rings (SSSR count). The molecule has 7 heteroatoms. The summed E-state index contributed by atoms with van der Waals surface area (Å²) in [5.41, 5.74) is 0.340. The molecule has 0 amide bonds. The second-order valence-electron chi connectivity index (χ2n) is 8.20. The van der Waals surface area contributed by atoms with E-state index in [1.165, 1.54) is 12.1 Å². The minimum absolute atomic E-state index is 0.0770. The second-order valence-corrected chi connectivity index (χ2v) is 8.20. The first-order chi connectivity index (χ1) is 16.5. The van der Waals surface area contributed by atoms with E-state index in [2.05, 4.69) is 0 Å². The van der Waals surface area contributed by atoms with Crippen LogP contribution in [0.3, 0.4) is 0 Å². The molecule has 1 aliphatic heterocycles. The van der Waals surface area contributed by atoms with Crippen LogP contribution in [0.4, 0.5) is 4.39 Å². The van der Waals surface area contributed by atoms with Gasteiger partial charge in [-0.3, -0.25) is 0 Å². The molecule has 34 heavy (non-hydrogen) atoms. The van der Waals surface area contributed by atoms with Gasteiger partial charge in [0.25, 0.3) is 0 Å². The fourth-order valence-electron chi connectivity index (χ4n) is 4.41. The third-order valence-electron chi connectivity index (χ3n) is 6.26. The van der Waals surface area contributed by atoms with E-state index in [1.807, 2.05) is 12.2 Å². The Morgan fingerprint density at radius 2 is 1.94 bits per heavy atom. The van der Waals surface area contributed by atoms with E-state index in [-0.39, 0.29) is 22.3 Å². The summed E-state index contributed by atoms with van der Waals surface area (Å²) in [5.74, 6) is -1.14. The van der Waals surface area contributed by atoms with Crippen molar-refractivity contribution in [2.75, 3.05) is 26.9 Å². The fraction of sp³-hybridized carbons (Fsp3) is 0.296. The number of carboxylic acids is 1. The summed E-state index contributed by atoms with van der Waals surface area (Å²) in [7, 11) is 1.69. The van der Waals surface area contributed by atoms with Gasteiger partial charge < -0.3 is 24.4 Å². The van der Waals surface area contributed by atoms with Crippen molar-refractivity contribution in [3.05, 3.63) is 77.6 Å². The van der Waals surface area contributed by atoms with Gasteiger partial charge in [-0.05, 0) is 46.7 Å². The average molecular weight is 467 g/mol. The quantitative estimate of drug-likeness (QED) is 0.456. The minimum Gasteiger partial charge on any atom is -0.490 e. The lowest BCUT2D eigenvalue weighted by Gasteiger charge is -2.33. The van der Waals surface area contributed by atoms with Gasteiger partial charge in [0.15, 0.2) is 0 Å². The largest absolute Gasteiger partial charge is 0.490 e. The van der Waals surface area contributed by atoms with Gasteiger partial charge in [-0.25, -0.2) is 9.18 Å². The van der Waals surface area contributed by atoms with E-state index in [0.717, 1.165) is 12.8 Å². The Hall–Kier alpha value is -3.26. The van der Waals surface area contributed by atoms with Crippen LogP contribution in [0.25, 0.3) is 21.9 Å². The molecule has 6 nitrogen and oxygen atoms in total. The molecule has 0 bridgehead atoms. The van der Waals surface area contributed by atoms with Crippen LogP contribution in [-0.4, -0.2) is 48.7 Å². The monoisotopic (exact) mass is 466 g/mol. The zero-order chi connectivity index (χ0) is 24.1. The van der Waals surface area contributed by atoms with Crippen molar-refractivity contribution in [3.63, 3.8) is 0 Å². The minimum atomic E-state index is -1.20. The van der Waals surface area contributed by atoms with Crippen LogP contribution < -0.4 is 4.74 Å². The van der Waals surface area contributed by atoms with Crippen LogP contribution in [0.15, 0.2) is 60.7 Å². The molecule has 1 heterocycles. The normalized spacial score (nSPS) is 15.6. The molecule has 3 aromatic carbocycles. The Bertz CT molecular complexity index is 1210. The van der Waals surface area contributed by atoms with Gasteiger partial charge in [-0.1, -0.05) is 30.3 Å². The highest BCUT2D eigenvalue weighted by atomic mass is 19.1. The van der Waals surface area contributed by atoms with E-state index in [4.69, 9.17) is 14.2 Å². The summed E-state index contributed by atoms with van der Waals surface area (Å²) in [4.78, 5) is 11.9. The molecule has 0 aliphatic carbocycles. The molecule has 0 saturated carbocycles. The van der Waals surface area contributed by atoms with Crippen molar-refractivity contribution < 1.29 is 33.6 Å². The van der Waals surface area contributed by atoms with E-state index in [9.17, 15) is 19.4 Å². The first kappa shape index (κ1) is 23.9. The standard InChI is InChI=1S/C27H27FO6/c1-32-27(10-13-33-14-11-27)9-4-12-34-19-7-8-20-18(15-19)16-22(26(30)31)23(17-29)25(20)21-5-2-3-6-24(21)28/h2-9,15-16,29H,10-14,17H2,1H3,(H,30,31)/b9-4+. The maximum Gasteiger partial charge on any atom is 0.336 e. The van der Waals surface area contributed by atoms with Gasteiger partial charge in [0.2, 0.25) is 0 Å². The third kappa shape index (κ3) is 4.82. The molecule has 178 valence electrons. The molecule has 2 N–H and O–H groups in total. The molecule has 0 unspecified atom stereocenters. The second kappa shape index (κ2) is 10.3. The third-order valence-corrected chi connectivity index (χ3v) is 6.26. The molecule has 1 saturated heterocycles. The summed E-state index contributed by atoms with van der Waals surface area (Å²) in [6.45, 7) is 1.07. The van der Waals surface area contributed by atoms with E-state index in [1.54, 1.807) is 43.5 Å². The molecular weight excluding hydrogens is 439 g/mol. The van der Waals surface area contributed by atoms with Gasteiger partial charge in [0, 0.05) is 44.3 Å². The van der Waals surface area contributed by atoms with Crippen molar-refractivity contribution >= 4 is 16.7 Å². The van der Waals surface area contributed by atoms with Crippen molar-refractivity contribution in [1.29, 1.82) is 0 Å². The number of carboxylic acid groups (broad SMARTS) is 1.